The zero-order valence-electron chi connectivity index (χ0n) is 16.5. The van der Waals surface area contributed by atoms with Crippen LogP contribution in [0.3, 0.4) is 0 Å². The van der Waals surface area contributed by atoms with E-state index in [0.29, 0.717) is 41.6 Å². The van der Waals surface area contributed by atoms with Crippen molar-refractivity contribution >= 4 is 15.7 Å². The number of aromatic nitrogens is 2. The van der Waals surface area contributed by atoms with E-state index in [1.165, 1.54) is 19.2 Å². The van der Waals surface area contributed by atoms with Crippen LogP contribution in [-0.2, 0) is 16.4 Å². The number of nitrogens with one attached hydrogen (secondary N) is 1. The second-order valence-electron chi connectivity index (χ2n) is 6.16. The van der Waals surface area contributed by atoms with Crippen molar-refractivity contribution in [2.45, 2.75) is 31.6 Å². The number of para-hydroxylation sites is 2. The lowest BCUT2D eigenvalue weighted by atomic mass is 10.2. The highest BCUT2D eigenvalue weighted by Gasteiger charge is 2.21. The number of benzene rings is 2. The number of sulfonamides is 1. The maximum absolute atomic E-state index is 13.0. The SMILES string of the molecule is CCCc1noc(-c2cc(S(=O)(=O)Nc3ccccc3OCC)ccc2OC)n1. The fraction of sp³-hybridized carbons (Fsp3) is 0.300. The van der Waals surface area contributed by atoms with Crippen LogP contribution in [0.15, 0.2) is 51.9 Å². The molecule has 0 aliphatic carbocycles. The van der Waals surface area contributed by atoms with Gasteiger partial charge in [-0.25, -0.2) is 8.42 Å². The van der Waals surface area contributed by atoms with Gasteiger partial charge in [0, 0.05) is 6.42 Å². The first-order valence-electron chi connectivity index (χ1n) is 9.24. The van der Waals surface area contributed by atoms with E-state index in [1.807, 2.05) is 13.8 Å². The Hall–Kier alpha value is -3.07. The van der Waals surface area contributed by atoms with Crippen molar-refractivity contribution in [3.05, 3.63) is 48.3 Å². The van der Waals surface area contributed by atoms with Crippen molar-refractivity contribution in [2.75, 3.05) is 18.4 Å². The van der Waals surface area contributed by atoms with E-state index < -0.39 is 10.0 Å². The van der Waals surface area contributed by atoms with Gasteiger partial charge in [0.2, 0.25) is 0 Å². The predicted octanol–water partition coefficient (Wildman–Crippen LogP) is 3.90. The summed E-state index contributed by atoms with van der Waals surface area (Å²) >= 11 is 0. The Morgan fingerprint density at radius 1 is 1.10 bits per heavy atom. The molecular weight excluding hydrogens is 394 g/mol. The van der Waals surface area contributed by atoms with Crippen LogP contribution in [-0.4, -0.2) is 32.3 Å². The summed E-state index contributed by atoms with van der Waals surface area (Å²) in [5, 5.41) is 3.93. The number of hydrogen-bond donors (Lipinski definition) is 1. The molecule has 9 heteroatoms. The van der Waals surface area contributed by atoms with E-state index in [4.69, 9.17) is 14.0 Å². The van der Waals surface area contributed by atoms with E-state index in [1.54, 1.807) is 30.3 Å². The maximum Gasteiger partial charge on any atom is 0.262 e. The molecule has 0 atom stereocenters. The molecule has 154 valence electrons. The smallest absolute Gasteiger partial charge is 0.262 e. The molecule has 8 nitrogen and oxygen atoms in total. The number of aryl methyl sites for hydroxylation is 1. The number of hydrogen-bond acceptors (Lipinski definition) is 7. The van der Waals surface area contributed by atoms with Gasteiger partial charge in [-0.3, -0.25) is 4.72 Å². The molecule has 0 amide bonds. The molecular formula is C20H23N3O5S. The molecule has 3 rings (SSSR count). The average molecular weight is 417 g/mol. The molecule has 1 aromatic heterocycles. The minimum atomic E-state index is -3.89. The molecule has 0 saturated heterocycles. The van der Waals surface area contributed by atoms with Gasteiger partial charge in [0.25, 0.3) is 15.9 Å². The van der Waals surface area contributed by atoms with Crippen LogP contribution in [0, 0.1) is 0 Å². The Labute approximate surface area is 169 Å². The van der Waals surface area contributed by atoms with Gasteiger partial charge in [0.15, 0.2) is 5.82 Å². The third-order valence-electron chi connectivity index (χ3n) is 4.08. The maximum atomic E-state index is 13.0. The number of rotatable bonds is 9. The van der Waals surface area contributed by atoms with Crippen LogP contribution in [0.4, 0.5) is 5.69 Å². The third kappa shape index (κ3) is 4.68. The van der Waals surface area contributed by atoms with Gasteiger partial charge in [-0.15, -0.1) is 0 Å². The first-order chi connectivity index (χ1) is 14.0. The Morgan fingerprint density at radius 3 is 2.62 bits per heavy atom. The normalized spacial score (nSPS) is 11.3. The standard InChI is InChI=1S/C20H23N3O5S/c1-4-8-19-21-20(28-22-19)15-13-14(11-12-17(15)26-3)29(24,25)23-16-9-6-7-10-18(16)27-5-2/h6-7,9-13,23H,4-5,8H2,1-3H3. The number of nitrogens with zero attached hydrogens (tertiary/aromatic N) is 2. The van der Waals surface area contributed by atoms with Crippen LogP contribution in [0.25, 0.3) is 11.5 Å². The first-order valence-corrected chi connectivity index (χ1v) is 10.7. The van der Waals surface area contributed by atoms with Crippen molar-refractivity contribution in [3.63, 3.8) is 0 Å². The fourth-order valence-corrected chi connectivity index (χ4v) is 3.84. The summed E-state index contributed by atoms with van der Waals surface area (Å²) in [5.74, 6) is 1.65. The second-order valence-corrected chi connectivity index (χ2v) is 7.84. The average Bonchev–Trinajstić information content (AvgIpc) is 3.18. The highest BCUT2D eigenvalue weighted by atomic mass is 32.2. The summed E-state index contributed by atoms with van der Waals surface area (Å²) in [6.07, 6.45) is 1.53. The van der Waals surface area contributed by atoms with Gasteiger partial charge in [-0.1, -0.05) is 24.2 Å². The van der Waals surface area contributed by atoms with Gasteiger partial charge >= 0.3 is 0 Å². The molecule has 0 saturated carbocycles. The summed E-state index contributed by atoms with van der Waals surface area (Å²) in [6.45, 7) is 4.26. The van der Waals surface area contributed by atoms with Crippen molar-refractivity contribution in [1.29, 1.82) is 0 Å². The number of ether oxygens (including phenoxy) is 2. The van der Waals surface area contributed by atoms with E-state index in [9.17, 15) is 8.42 Å². The van der Waals surface area contributed by atoms with Crippen LogP contribution >= 0.6 is 0 Å². The van der Waals surface area contributed by atoms with Crippen LogP contribution in [0.2, 0.25) is 0 Å². The van der Waals surface area contributed by atoms with Crippen LogP contribution in [0.5, 0.6) is 11.5 Å². The van der Waals surface area contributed by atoms with Crippen molar-refractivity contribution in [3.8, 4) is 23.0 Å². The molecule has 0 unspecified atom stereocenters. The lowest BCUT2D eigenvalue weighted by Gasteiger charge is -2.13. The quantitative estimate of drug-likeness (QED) is 0.563. The van der Waals surface area contributed by atoms with E-state index in [2.05, 4.69) is 14.9 Å². The van der Waals surface area contributed by atoms with Gasteiger partial charge in [-0.2, -0.15) is 4.98 Å². The van der Waals surface area contributed by atoms with Gasteiger partial charge in [0.1, 0.15) is 11.5 Å². The van der Waals surface area contributed by atoms with E-state index >= 15 is 0 Å². The summed E-state index contributed by atoms with van der Waals surface area (Å²) < 4.78 is 44.7. The van der Waals surface area contributed by atoms with Crippen LogP contribution in [0.1, 0.15) is 26.1 Å². The van der Waals surface area contributed by atoms with Gasteiger partial charge in [-0.05, 0) is 43.7 Å². The molecule has 29 heavy (non-hydrogen) atoms. The molecule has 3 aromatic rings. The van der Waals surface area contributed by atoms with E-state index in [-0.39, 0.29) is 10.8 Å². The lowest BCUT2D eigenvalue weighted by molar-refractivity contribution is 0.342. The first kappa shape index (κ1) is 20.7. The van der Waals surface area contributed by atoms with Crippen molar-refractivity contribution in [1.82, 2.24) is 10.1 Å². The second kappa shape index (κ2) is 8.95. The number of anilines is 1. The Morgan fingerprint density at radius 2 is 1.90 bits per heavy atom. The third-order valence-corrected chi connectivity index (χ3v) is 5.45. The Bertz CT molecular complexity index is 1080. The van der Waals surface area contributed by atoms with Gasteiger partial charge in [0.05, 0.1) is 29.9 Å². The molecule has 1 heterocycles. The van der Waals surface area contributed by atoms with Crippen molar-refractivity contribution < 1.29 is 22.4 Å². The molecule has 0 fully saturated rings. The molecule has 1 N–H and O–H groups in total. The summed E-state index contributed by atoms with van der Waals surface area (Å²) in [7, 11) is -2.40. The largest absolute Gasteiger partial charge is 0.496 e. The van der Waals surface area contributed by atoms with E-state index in [0.717, 1.165) is 6.42 Å². The summed E-state index contributed by atoms with van der Waals surface area (Å²) in [6, 6.07) is 11.3. The van der Waals surface area contributed by atoms with Gasteiger partial charge < -0.3 is 14.0 Å². The highest BCUT2D eigenvalue weighted by molar-refractivity contribution is 7.92. The molecule has 0 aliphatic rings. The molecule has 0 bridgehead atoms. The zero-order valence-corrected chi connectivity index (χ0v) is 17.3. The molecule has 0 radical (unpaired) electrons. The number of methoxy groups -OCH3 is 1. The molecule has 0 spiro atoms. The Balaban J connectivity index is 1.98. The summed E-state index contributed by atoms with van der Waals surface area (Å²) in [4.78, 5) is 4.37. The molecule has 2 aromatic carbocycles. The fourth-order valence-electron chi connectivity index (χ4n) is 2.75. The predicted molar refractivity (Wildman–Crippen MR) is 109 cm³/mol. The minimum absolute atomic E-state index is 0.0369. The zero-order chi connectivity index (χ0) is 20.9. The molecule has 0 aliphatic heterocycles. The van der Waals surface area contributed by atoms with Crippen molar-refractivity contribution in [2.24, 2.45) is 0 Å². The minimum Gasteiger partial charge on any atom is -0.496 e. The summed E-state index contributed by atoms with van der Waals surface area (Å²) in [5.41, 5.74) is 0.762. The highest BCUT2D eigenvalue weighted by Crippen LogP contribution is 2.33. The monoisotopic (exact) mass is 417 g/mol. The topological polar surface area (TPSA) is 104 Å². The lowest BCUT2D eigenvalue weighted by Crippen LogP contribution is -2.14. The Kier molecular flexibility index (Phi) is 6.38. The van der Waals surface area contributed by atoms with Crippen LogP contribution < -0.4 is 14.2 Å².